The molecule has 4 aromatic rings. The number of nitrogen functional groups attached to an aromatic ring is 1. The molecular weight excluding hydrogens is 468 g/mol. The van der Waals surface area contributed by atoms with E-state index in [1.807, 2.05) is 0 Å². The number of nitrogens with two attached hydrogens (primary N) is 1. The van der Waals surface area contributed by atoms with Crippen LogP contribution in [0.25, 0.3) is 27.7 Å². The molecule has 5 rings (SSSR count). The van der Waals surface area contributed by atoms with Crippen molar-refractivity contribution < 1.29 is 22.3 Å². The number of likely N-dealkylation sites (tertiary alicyclic amines) is 1. The van der Waals surface area contributed by atoms with Crippen molar-refractivity contribution >= 4 is 22.5 Å². The van der Waals surface area contributed by atoms with Gasteiger partial charge in [-0.2, -0.15) is 4.98 Å². The number of hydrogen-bond acceptors (Lipinski definition) is 7. The largest absolute Gasteiger partial charge is 0.479 e. The number of ether oxygens (including phenoxy) is 1. The molecule has 13 heteroatoms. The normalized spacial score (nSPS) is 19.5. The first-order valence-corrected chi connectivity index (χ1v) is 11.1. The first-order valence-electron chi connectivity index (χ1n) is 11.1. The molecule has 0 radical (unpaired) electrons. The lowest BCUT2D eigenvalue weighted by atomic mass is 9.89. The molecule has 186 valence electrons. The predicted molar refractivity (Wildman–Crippen MR) is 121 cm³/mol. The second-order valence-corrected chi connectivity index (χ2v) is 8.89. The summed E-state index contributed by atoms with van der Waals surface area (Å²) in [4.78, 5) is 5.55. The maximum atomic E-state index is 16.3. The van der Waals surface area contributed by atoms with Gasteiger partial charge in [-0.25, -0.2) is 26.8 Å². The van der Waals surface area contributed by atoms with Crippen LogP contribution in [0.15, 0.2) is 18.2 Å². The van der Waals surface area contributed by atoms with Crippen molar-refractivity contribution in [3.8, 4) is 17.0 Å². The molecule has 3 aromatic heterocycles. The van der Waals surface area contributed by atoms with E-state index in [1.54, 1.807) is 32.2 Å². The smallest absolute Gasteiger partial charge is 0.268 e. The van der Waals surface area contributed by atoms with Gasteiger partial charge in [-0.3, -0.25) is 0 Å². The van der Waals surface area contributed by atoms with Crippen LogP contribution in [0, 0.1) is 5.82 Å². The van der Waals surface area contributed by atoms with Crippen LogP contribution < -0.4 is 10.5 Å². The quantitative estimate of drug-likeness (QED) is 0.426. The van der Waals surface area contributed by atoms with Crippen LogP contribution >= 0.6 is 0 Å². The second-order valence-electron chi connectivity index (χ2n) is 8.89. The number of halogens is 4. The third kappa shape index (κ3) is 3.65. The Hall–Kier alpha value is -3.48. The van der Waals surface area contributed by atoms with Gasteiger partial charge in [0.05, 0.1) is 42.4 Å². The minimum absolute atomic E-state index is 0.0158. The fraction of sp³-hybridized carbons (Fsp3) is 0.455. The summed E-state index contributed by atoms with van der Waals surface area (Å²) in [6.45, 7) is 0.796. The Balaban J connectivity index is 1.80. The third-order valence-electron chi connectivity index (χ3n) is 6.46. The zero-order valence-electron chi connectivity index (χ0n) is 19.3. The van der Waals surface area contributed by atoms with E-state index in [4.69, 9.17) is 10.5 Å². The van der Waals surface area contributed by atoms with Crippen molar-refractivity contribution in [1.29, 1.82) is 0 Å². The number of alkyl halides is 3. The van der Waals surface area contributed by atoms with Crippen molar-refractivity contribution in [3.63, 3.8) is 0 Å². The maximum absolute atomic E-state index is 16.3. The average Bonchev–Trinajstić information content (AvgIpc) is 3.35. The van der Waals surface area contributed by atoms with Crippen LogP contribution in [-0.2, 0) is 0 Å². The Bertz CT molecular complexity index is 1420. The molecule has 0 bridgehead atoms. The number of methoxy groups -OCH3 is 1. The van der Waals surface area contributed by atoms with E-state index < -0.39 is 36.9 Å². The van der Waals surface area contributed by atoms with Crippen molar-refractivity contribution in [1.82, 2.24) is 34.5 Å². The highest BCUT2D eigenvalue weighted by Crippen LogP contribution is 2.46. The molecule has 0 unspecified atom stereocenters. The third-order valence-corrected chi connectivity index (χ3v) is 6.46. The molecule has 2 atom stereocenters. The van der Waals surface area contributed by atoms with Gasteiger partial charge >= 0.3 is 0 Å². The lowest BCUT2D eigenvalue weighted by Crippen LogP contribution is -2.46. The Morgan fingerprint density at radius 3 is 2.77 bits per heavy atom. The summed E-state index contributed by atoms with van der Waals surface area (Å²) < 4.78 is 67.8. The first kappa shape index (κ1) is 23.3. The summed E-state index contributed by atoms with van der Waals surface area (Å²) in [5, 5.41) is 12.1. The molecule has 1 aliphatic rings. The average molecular weight is 492 g/mol. The first-order chi connectivity index (χ1) is 16.7. The van der Waals surface area contributed by atoms with Crippen molar-refractivity contribution in [3.05, 3.63) is 29.7 Å². The summed E-state index contributed by atoms with van der Waals surface area (Å²) in [7, 11) is 2.92. The van der Waals surface area contributed by atoms with E-state index in [-0.39, 0.29) is 35.0 Å². The lowest BCUT2D eigenvalue weighted by molar-refractivity contribution is -0.0788. The Morgan fingerprint density at radius 1 is 1.31 bits per heavy atom. The number of rotatable bonds is 5. The van der Waals surface area contributed by atoms with Crippen LogP contribution in [0.5, 0.6) is 5.88 Å². The van der Waals surface area contributed by atoms with Crippen molar-refractivity contribution in [2.24, 2.45) is 0 Å². The molecule has 4 heterocycles. The number of benzene rings is 1. The molecular formula is C22H24F4N8O. The van der Waals surface area contributed by atoms with Crippen LogP contribution in [0.3, 0.4) is 0 Å². The number of fused-ring (bicyclic) bond motifs is 2. The molecule has 0 aliphatic carbocycles. The zero-order valence-corrected chi connectivity index (χ0v) is 19.3. The minimum Gasteiger partial charge on any atom is -0.479 e. The van der Waals surface area contributed by atoms with Gasteiger partial charge in [0.25, 0.3) is 5.92 Å². The van der Waals surface area contributed by atoms with Crippen LogP contribution in [0.2, 0.25) is 0 Å². The summed E-state index contributed by atoms with van der Waals surface area (Å²) >= 11 is 0. The van der Waals surface area contributed by atoms with Crippen LogP contribution in [-0.4, -0.2) is 74.3 Å². The molecule has 1 aromatic carbocycles. The standard InChI is InChI=1S/C22H24F4N8O/c1-11(9-23)33-15-8-12(4-5-14(15)29-31-33)16-17(24)18(13-6-7-32(2)10-22(13,25)26)34-19(16)20(35-3)28-21(27)30-34/h4-5,8,11,13H,6-7,9-10H2,1-3H3,(H2,27,30)/t11-,13+/m0/s1. The summed E-state index contributed by atoms with van der Waals surface area (Å²) in [6.07, 6.45) is 0.0158. The molecule has 35 heavy (non-hydrogen) atoms. The van der Waals surface area contributed by atoms with Gasteiger partial charge in [-0.15, -0.1) is 10.2 Å². The fourth-order valence-corrected chi connectivity index (χ4v) is 4.77. The van der Waals surface area contributed by atoms with Gasteiger partial charge in [0.15, 0.2) is 5.82 Å². The summed E-state index contributed by atoms with van der Waals surface area (Å²) in [5.41, 5.74) is 6.86. The Morgan fingerprint density at radius 2 is 2.09 bits per heavy atom. The molecule has 0 saturated carbocycles. The molecule has 2 N–H and O–H groups in total. The molecule has 0 amide bonds. The van der Waals surface area contributed by atoms with Crippen molar-refractivity contribution in [2.75, 3.05) is 39.7 Å². The topological polar surface area (TPSA) is 99.4 Å². The van der Waals surface area contributed by atoms with E-state index in [0.29, 0.717) is 23.1 Å². The fourth-order valence-electron chi connectivity index (χ4n) is 4.77. The highest BCUT2D eigenvalue weighted by atomic mass is 19.3. The van der Waals surface area contributed by atoms with Gasteiger partial charge in [0.2, 0.25) is 11.8 Å². The van der Waals surface area contributed by atoms with Crippen LogP contribution in [0.4, 0.5) is 23.5 Å². The van der Waals surface area contributed by atoms with E-state index in [2.05, 4.69) is 20.4 Å². The summed E-state index contributed by atoms with van der Waals surface area (Å²) in [5.74, 6) is -5.83. The van der Waals surface area contributed by atoms with Gasteiger partial charge < -0.3 is 15.4 Å². The van der Waals surface area contributed by atoms with Gasteiger partial charge in [-0.05, 0) is 44.6 Å². The molecule has 0 spiro atoms. The number of anilines is 1. The van der Waals surface area contributed by atoms with E-state index in [0.717, 1.165) is 4.52 Å². The Labute approximate surface area is 197 Å². The van der Waals surface area contributed by atoms with Gasteiger partial charge in [0.1, 0.15) is 17.7 Å². The monoisotopic (exact) mass is 492 g/mol. The number of hydrogen-bond donors (Lipinski definition) is 1. The van der Waals surface area contributed by atoms with Crippen molar-refractivity contribution in [2.45, 2.75) is 31.2 Å². The zero-order chi connectivity index (χ0) is 25.1. The molecule has 1 fully saturated rings. The predicted octanol–water partition coefficient (Wildman–Crippen LogP) is 3.46. The van der Waals surface area contributed by atoms with E-state index in [9.17, 15) is 4.39 Å². The Kier molecular flexibility index (Phi) is 5.54. The van der Waals surface area contributed by atoms with E-state index >= 15 is 13.2 Å². The number of nitrogens with zero attached hydrogens (tertiary/aromatic N) is 7. The van der Waals surface area contributed by atoms with Gasteiger partial charge in [-0.1, -0.05) is 11.3 Å². The number of piperidine rings is 1. The second kappa shape index (κ2) is 8.33. The highest BCUT2D eigenvalue weighted by molar-refractivity contribution is 5.90. The van der Waals surface area contributed by atoms with E-state index in [1.165, 1.54) is 16.7 Å². The SMILES string of the molecule is COc1nc(N)nn2c([C@H]3CCN(C)CC3(F)F)c(F)c(-c3ccc4nnn([C@@H](C)CF)c4c3)c12. The lowest BCUT2D eigenvalue weighted by Gasteiger charge is -2.36. The minimum atomic E-state index is -3.21. The molecule has 1 saturated heterocycles. The van der Waals surface area contributed by atoms with Gasteiger partial charge in [0, 0.05) is 0 Å². The molecule has 1 aliphatic heterocycles. The number of aromatic nitrogens is 6. The summed E-state index contributed by atoms with van der Waals surface area (Å²) in [6, 6.07) is 4.19. The maximum Gasteiger partial charge on any atom is 0.268 e. The molecule has 9 nitrogen and oxygen atoms in total. The highest BCUT2D eigenvalue weighted by Gasteiger charge is 2.48. The van der Waals surface area contributed by atoms with Crippen LogP contribution in [0.1, 0.15) is 31.0 Å².